The highest BCUT2D eigenvalue weighted by Crippen LogP contribution is 2.26. The number of benzene rings is 2. The number of unbranched alkanes of at least 4 members (excludes halogenated alkanes) is 2. The number of thioether (sulfide) groups is 1. The number of Topliss-reactive ketones (excluding diaryl/α,β-unsaturated/α-hetero) is 1. The molecule has 1 heterocycles. The van der Waals surface area contributed by atoms with Crippen molar-refractivity contribution in [3.63, 3.8) is 0 Å². The summed E-state index contributed by atoms with van der Waals surface area (Å²) in [7, 11) is 0. The molecule has 0 spiro atoms. The molecule has 0 N–H and O–H groups in total. The van der Waals surface area contributed by atoms with Gasteiger partial charge in [-0.1, -0.05) is 73.5 Å². The summed E-state index contributed by atoms with van der Waals surface area (Å²) in [5.41, 5.74) is 1.80. The van der Waals surface area contributed by atoms with Crippen LogP contribution in [-0.2, 0) is 6.54 Å². The van der Waals surface area contributed by atoms with Crippen molar-refractivity contribution >= 4 is 29.1 Å². The van der Waals surface area contributed by atoms with Gasteiger partial charge >= 0.3 is 0 Å². The van der Waals surface area contributed by atoms with Crippen molar-refractivity contribution in [1.82, 2.24) is 14.8 Å². The minimum absolute atomic E-state index is 0.192. The third-order valence-electron chi connectivity index (χ3n) is 4.68. The van der Waals surface area contributed by atoms with Crippen LogP contribution >= 0.6 is 23.4 Å². The number of carbonyl (C=O) groups is 1. The predicted molar refractivity (Wildman–Crippen MR) is 121 cm³/mol. The molecule has 0 bridgehead atoms. The van der Waals surface area contributed by atoms with Crippen molar-refractivity contribution in [2.75, 3.05) is 5.75 Å². The average molecular weight is 428 g/mol. The minimum Gasteiger partial charge on any atom is -0.302 e. The smallest absolute Gasteiger partial charge is 0.191 e. The van der Waals surface area contributed by atoms with E-state index >= 15 is 0 Å². The molecule has 0 saturated heterocycles. The second-order valence-electron chi connectivity index (χ2n) is 6.91. The van der Waals surface area contributed by atoms with Crippen molar-refractivity contribution < 1.29 is 4.79 Å². The molecule has 0 fully saturated rings. The Bertz CT molecular complexity index is 910. The van der Waals surface area contributed by atoms with Crippen molar-refractivity contribution in [2.45, 2.75) is 50.7 Å². The Morgan fingerprint density at radius 2 is 1.76 bits per heavy atom. The Morgan fingerprint density at radius 3 is 2.48 bits per heavy atom. The van der Waals surface area contributed by atoms with Gasteiger partial charge in [0.25, 0.3) is 0 Å². The molecule has 3 aromatic rings. The maximum atomic E-state index is 12.3. The van der Waals surface area contributed by atoms with Gasteiger partial charge in [0.1, 0.15) is 0 Å². The lowest BCUT2D eigenvalue weighted by molar-refractivity contribution is 0.0982. The van der Waals surface area contributed by atoms with Crippen LogP contribution in [0.1, 0.15) is 49.4 Å². The Morgan fingerprint density at radius 1 is 1.00 bits per heavy atom. The van der Waals surface area contributed by atoms with Crippen LogP contribution < -0.4 is 0 Å². The lowest BCUT2D eigenvalue weighted by Crippen LogP contribution is -2.04. The third kappa shape index (κ3) is 6.18. The largest absolute Gasteiger partial charge is 0.302 e. The van der Waals surface area contributed by atoms with Gasteiger partial charge in [0, 0.05) is 34.9 Å². The van der Waals surface area contributed by atoms with Crippen LogP contribution in [0.3, 0.4) is 0 Å². The van der Waals surface area contributed by atoms with Crippen LogP contribution in [-0.4, -0.2) is 26.3 Å². The Balaban J connectivity index is 1.63. The van der Waals surface area contributed by atoms with Crippen LogP contribution in [0.2, 0.25) is 5.02 Å². The standard InChI is InChI=1S/C23H26ClN3OS/c1-2-3-7-16-27-22(19-12-14-20(24)15-13-19)25-26-23(27)29-17-8-11-21(28)18-9-5-4-6-10-18/h4-6,9-10,12-15H,2-3,7-8,11,16-17H2,1H3. The van der Waals surface area contributed by atoms with Crippen LogP contribution in [0.4, 0.5) is 0 Å². The Kier molecular flexibility index (Phi) is 8.32. The fourth-order valence-electron chi connectivity index (χ4n) is 3.09. The Labute approximate surface area is 181 Å². The van der Waals surface area contributed by atoms with Crippen molar-refractivity contribution in [2.24, 2.45) is 0 Å². The first-order valence-corrected chi connectivity index (χ1v) is 11.5. The second kappa shape index (κ2) is 11.2. The van der Waals surface area contributed by atoms with E-state index < -0.39 is 0 Å². The molecule has 6 heteroatoms. The monoisotopic (exact) mass is 427 g/mol. The number of halogens is 1. The highest BCUT2D eigenvalue weighted by molar-refractivity contribution is 7.99. The number of hydrogen-bond acceptors (Lipinski definition) is 4. The van der Waals surface area contributed by atoms with E-state index in [2.05, 4.69) is 21.7 Å². The molecule has 0 radical (unpaired) electrons. The topological polar surface area (TPSA) is 47.8 Å². The van der Waals surface area contributed by atoms with E-state index in [1.165, 1.54) is 12.8 Å². The third-order valence-corrected chi connectivity index (χ3v) is 5.98. The maximum Gasteiger partial charge on any atom is 0.191 e. The molecule has 152 valence electrons. The SMILES string of the molecule is CCCCCn1c(SCCCC(=O)c2ccccc2)nnc1-c1ccc(Cl)cc1. The normalized spacial score (nSPS) is 11.0. The summed E-state index contributed by atoms with van der Waals surface area (Å²) in [4.78, 5) is 12.3. The van der Waals surface area contributed by atoms with E-state index in [4.69, 9.17) is 11.6 Å². The van der Waals surface area contributed by atoms with Crippen LogP contribution in [0, 0.1) is 0 Å². The molecule has 2 aromatic carbocycles. The summed E-state index contributed by atoms with van der Waals surface area (Å²) in [6, 6.07) is 17.2. The fourth-order valence-corrected chi connectivity index (χ4v) is 4.12. The number of nitrogens with zero attached hydrogens (tertiary/aromatic N) is 3. The molecular weight excluding hydrogens is 402 g/mol. The minimum atomic E-state index is 0.192. The first kappa shape index (κ1) is 21.6. The molecule has 0 atom stereocenters. The molecule has 4 nitrogen and oxygen atoms in total. The van der Waals surface area contributed by atoms with E-state index in [0.717, 1.165) is 47.2 Å². The predicted octanol–water partition coefficient (Wildman–Crippen LogP) is 6.54. The van der Waals surface area contributed by atoms with Crippen LogP contribution in [0.25, 0.3) is 11.4 Å². The van der Waals surface area contributed by atoms with Crippen molar-refractivity contribution in [3.8, 4) is 11.4 Å². The van der Waals surface area contributed by atoms with Gasteiger partial charge in [0.2, 0.25) is 0 Å². The van der Waals surface area contributed by atoms with Gasteiger partial charge in [0.15, 0.2) is 16.8 Å². The molecule has 0 saturated carbocycles. The number of ketones is 1. The molecular formula is C23H26ClN3OS. The number of hydrogen-bond donors (Lipinski definition) is 0. The molecule has 29 heavy (non-hydrogen) atoms. The van der Waals surface area contributed by atoms with Crippen molar-refractivity contribution in [3.05, 3.63) is 65.2 Å². The van der Waals surface area contributed by atoms with Gasteiger partial charge in [-0.05, 0) is 37.1 Å². The summed E-state index contributed by atoms with van der Waals surface area (Å²) < 4.78 is 2.20. The summed E-state index contributed by atoms with van der Waals surface area (Å²) >= 11 is 7.70. The highest BCUT2D eigenvalue weighted by Gasteiger charge is 2.14. The van der Waals surface area contributed by atoms with E-state index in [9.17, 15) is 4.79 Å². The van der Waals surface area contributed by atoms with E-state index in [0.29, 0.717) is 11.4 Å². The zero-order valence-electron chi connectivity index (χ0n) is 16.7. The second-order valence-corrected chi connectivity index (χ2v) is 8.41. The lowest BCUT2D eigenvalue weighted by atomic mass is 10.1. The van der Waals surface area contributed by atoms with E-state index in [1.54, 1.807) is 11.8 Å². The fraction of sp³-hybridized carbons (Fsp3) is 0.348. The first-order chi connectivity index (χ1) is 14.2. The molecule has 1 aromatic heterocycles. The average Bonchev–Trinajstić information content (AvgIpc) is 3.15. The maximum absolute atomic E-state index is 12.3. The van der Waals surface area contributed by atoms with Gasteiger partial charge in [-0.3, -0.25) is 4.79 Å². The van der Waals surface area contributed by atoms with Gasteiger partial charge in [0.05, 0.1) is 0 Å². The van der Waals surface area contributed by atoms with Gasteiger partial charge in [-0.25, -0.2) is 0 Å². The van der Waals surface area contributed by atoms with Gasteiger partial charge in [-0.15, -0.1) is 10.2 Å². The summed E-state index contributed by atoms with van der Waals surface area (Å²) in [5.74, 6) is 1.91. The summed E-state index contributed by atoms with van der Waals surface area (Å²) in [6.07, 6.45) is 4.80. The van der Waals surface area contributed by atoms with Crippen LogP contribution in [0.15, 0.2) is 59.8 Å². The molecule has 0 aliphatic carbocycles. The highest BCUT2D eigenvalue weighted by atomic mass is 35.5. The molecule has 0 unspecified atom stereocenters. The van der Waals surface area contributed by atoms with Gasteiger partial charge in [-0.2, -0.15) is 0 Å². The van der Waals surface area contributed by atoms with Crippen LogP contribution in [0.5, 0.6) is 0 Å². The molecule has 0 amide bonds. The molecule has 3 rings (SSSR count). The summed E-state index contributed by atoms with van der Waals surface area (Å²) in [6.45, 7) is 3.09. The Hall–Kier alpha value is -2.11. The zero-order valence-corrected chi connectivity index (χ0v) is 18.3. The lowest BCUT2D eigenvalue weighted by Gasteiger charge is -2.10. The quantitative estimate of drug-likeness (QED) is 0.198. The number of aromatic nitrogens is 3. The summed E-state index contributed by atoms with van der Waals surface area (Å²) in [5, 5.41) is 10.5. The first-order valence-electron chi connectivity index (χ1n) is 10.1. The van der Waals surface area contributed by atoms with E-state index in [-0.39, 0.29) is 5.78 Å². The molecule has 0 aliphatic heterocycles. The number of rotatable bonds is 11. The zero-order chi connectivity index (χ0) is 20.5. The van der Waals surface area contributed by atoms with E-state index in [1.807, 2.05) is 54.6 Å². The number of carbonyl (C=O) groups excluding carboxylic acids is 1. The van der Waals surface area contributed by atoms with Crippen molar-refractivity contribution in [1.29, 1.82) is 0 Å². The van der Waals surface area contributed by atoms with Gasteiger partial charge < -0.3 is 4.57 Å². The molecule has 0 aliphatic rings.